The molecule has 0 radical (unpaired) electrons. The zero-order chi connectivity index (χ0) is 18.9. The normalized spacial score (nSPS) is 15.9. The van der Waals surface area contributed by atoms with Crippen molar-refractivity contribution < 1.29 is 0 Å². The Morgan fingerprint density at radius 1 is 1.22 bits per heavy atom. The molecule has 8 heteroatoms. The van der Waals surface area contributed by atoms with E-state index in [0.717, 1.165) is 24.1 Å². The van der Waals surface area contributed by atoms with Gasteiger partial charge >= 0.3 is 0 Å². The fourth-order valence-electron chi connectivity index (χ4n) is 3.77. The number of aromatic nitrogens is 6. The van der Waals surface area contributed by atoms with E-state index in [9.17, 15) is 4.79 Å². The van der Waals surface area contributed by atoms with Crippen LogP contribution in [0.3, 0.4) is 0 Å². The van der Waals surface area contributed by atoms with Crippen LogP contribution < -0.4 is 5.56 Å². The third kappa shape index (κ3) is 2.21. The van der Waals surface area contributed by atoms with Gasteiger partial charge in [-0.1, -0.05) is 29.8 Å². The highest BCUT2D eigenvalue weighted by Crippen LogP contribution is 2.47. The molecule has 0 amide bonds. The maximum absolute atomic E-state index is 13.5. The van der Waals surface area contributed by atoms with Crippen molar-refractivity contribution in [2.75, 3.05) is 0 Å². The summed E-state index contributed by atoms with van der Waals surface area (Å²) in [6.45, 7) is 6.13. The highest BCUT2D eigenvalue weighted by molar-refractivity contribution is 6.35. The standard InChI is InChI=1S/C19H19ClN6O/c1-11(2)25-15-12(20)5-4-6-13(15)24-10-21-17(16(24)18(25)27)26-14(9-22-23-26)19(3)7-8-19/h4-6,9-11H,7-8H2,1-3H3. The fraction of sp³-hybridized carbons (Fsp3) is 0.368. The van der Waals surface area contributed by atoms with Crippen LogP contribution in [0.15, 0.2) is 35.5 Å². The predicted octanol–water partition coefficient (Wildman–Crippen LogP) is 3.52. The van der Waals surface area contributed by atoms with Gasteiger partial charge in [-0.25, -0.2) is 4.98 Å². The Balaban J connectivity index is 1.92. The van der Waals surface area contributed by atoms with E-state index in [1.807, 2.05) is 26.0 Å². The summed E-state index contributed by atoms with van der Waals surface area (Å²) >= 11 is 6.46. The fourth-order valence-corrected chi connectivity index (χ4v) is 4.03. The smallest absolute Gasteiger partial charge is 0.279 e. The van der Waals surface area contributed by atoms with E-state index in [-0.39, 0.29) is 17.0 Å². The van der Waals surface area contributed by atoms with Crippen LogP contribution in [0.2, 0.25) is 5.02 Å². The van der Waals surface area contributed by atoms with E-state index < -0.39 is 0 Å². The monoisotopic (exact) mass is 382 g/mol. The summed E-state index contributed by atoms with van der Waals surface area (Å²) in [5.41, 5.74) is 2.93. The highest BCUT2D eigenvalue weighted by atomic mass is 35.5. The van der Waals surface area contributed by atoms with Gasteiger partial charge in [0, 0.05) is 11.5 Å². The molecule has 0 atom stereocenters. The van der Waals surface area contributed by atoms with E-state index in [0.29, 0.717) is 21.9 Å². The highest BCUT2D eigenvalue weighted by Gasteiger charge is 2.43. The Bertz CT molecular complexity index is 1260. The summed E-state index contributed by atoms with van der Waals surface area (Å²) in [6, 6.07) is 5.58. The molecule has 0 spiro atoms. The summed E-state index contributed by atoms with van der Waals surface area (Å²) in [7, 11) is 0. The average Bonchev–Trinajstić information content (AvgIpc) is 3.05. The number of rotatable bonds is 3. The van der Waals surface area contributed by atoms with Crippen molar-refractivity contribution in [1.29, 1.82) is 0 Å². The lowest BCUT2D eigenvalue weighted by atomic mass is 10.1. The minimum atomic E-state index is -0.138. The van der Waals surface area contributed by atoms with Gasteiger partial charge in [-0.2, -0.15) is 4.68 Å². The first-order valence-electron chi connectivity index (χ1n) is 9.04. The lowest BCUT2D eigenvalue weighted by Crippen LogP contribution is -2.26. The van der Waals surface area contributed by atoms with Gasteiger partial charge in [0.1, 0.15) is 6.33 Å². The second kappa shape index (κ2) is 5.42. The van der Waals surface area contributed by atoms with Crippen LogP contribution in [0, 0.1) is 0 Å². The average molecular weight is 383 g/mol. The number of nitrogens with zero attached hydrogens (tertiary/aromatic N) is 6. The lowest BCUT2D eigenvalue weighted by molar-refractivity contribution is 0.600. The number of hydrogen-bond donors (Lipinski definition) is 0. The molecule has 0 saturated heterocycles. The van der Waals surface area contributed by atoms with Gasteiger partial charge in [0.2, 0.25) is 0 Å². The van der Waals surface area contributed by atoms with E-state index >= 15 is 0 Å². The zero-order valence-corrected chi connectivity index (χ0v) is 16.1. The number of fused-ring (bicyclic) bond motifs is 3. The van der Waals surface area contributed by atoms with Crippen LogP contribution in [0.4, 0.5) is 0 Å². The van der Waals surface area contributed by atoms with Crippen molar-refractivity contribution >= 4 is 28.2 Å². The van der Waals surface area contributed by atoms with Gasteiger partial charge in [-0.05, 0) is 38.8 Å². The number of imidazole rings is 1. The van der Waals surface area contributed by atoms with E-state index in [1.54, 1.807) is 32.2 Å². The quantitative estimate of drug-likeness (QED) is 0.543. The van der Waals surface area contributed by atoms with Gasteiger partial charge in [0.05, 0.1) is 27.9 Å². The van der Waals surface area contributed by atoms with Crippen LogP contribution in [0.5, 0.6) is 0 Å². The molecule has 1 fully saturated rings. The molecule has 1 saturated carbocycles. The molecule has 0 bridgehead atoms. The Labute approximate surface area is 160 Å². The van der Waals surface area contributed by atoms with E-state index in [4.69, 9.17) is 11.6 Å². The molecule has 1 aromatic carbocycles. The molecule has 7 nitrogen and oxygen atoms in total. The summed E-state index contributed by atoms with van der Waals surface area (Å²) in [4.78, 5) is 18.0. The van der Waals surface area contributed by atoms with Crippen LogP contribution in [0.25, 0.3) is 22.4 Å². The van der Waals surface area contributed by atoms with E-state index in [1.165, 1.54) is 0 Å². The molecule has 0 unspecified atom stereocenters. The zero-order valence-electron chi connectivity index (χ0n) is 15.3. The largest absolute Gasteiger partial charge is 0.301 e. The Morgan fingerprint density at radius 2 is 2.00 bits per heavy atom. The molecule has 1 aliphatic rings. The first kappa shape index (κ1) is 16.5. The molecular formula is C19H19ClN6O. The molecule has 4 aromatic rings. The summed E-state index contributed by atoms with van der Waals surface area (Å²) in [5.74, 6) is 0.511. The Morgan fingerprint density at radius 3 is 2.70 bits per heavy atom. The van der Waals surface area contributed by atoms with Crippen molar-refractivity contribution in [3.05, 3.63) is 51.8 Å². The van der Waals surface area contributed by atoms with Crippen molar-refractivity contribution in [2.24, 2.45) is 0 Å². The third-order valence-electron chi connectivity index (χ3n) is 5.52. The Hall–Kier alpha value is -2.67. The van der Waals surface area contributed by atoms with Gasteiger partial charge in [0.15, 0.2) is 11.3 Å². The SMILES string of the molecule is CC(C)n1c(=O)c2c(-n3nncc3C3(C)CC3)ncn2c2cccc(Cl)c21. The molecule has 1 aliphatic carbocycles. The van der Waals surface area contributed by atoms with Crippen molar-refractivity contribution in [1.82, 2.24) is 28.9 Å². The van der Waals surface area contributed by atoms with Crippen molar-refractivity contribution in [3.8, 4) is 5.82 Å². The van der Waals surface area contributed by atoms with E-state index in [2.05, 4.69) is 22.2 Å². The molecule has 0 N–H and O–H groups in total. The first-order valence-corrected chi connectivity index (χ1v) is 9.41. The second-order valence-corrected chi connectivity index (χ2v) is 8.16. The molecule has 0 aliphatic heterocycles. The minimum Gasteiger partial charge on any atom is -0.301 e. The minimum absolute atomic E-state index is 0.0520. The van der Waals surface area contributed by atoms with Crippen LogP contribution in [0.1, 0.15) is 45.3 Å². The van der Waals surface area contributed by atoms with Gasteiger partial charge < -0.3 is 4.57 Å². The lowest BCUT2D eigenvalue weighted by Gasteiger charge is -2.17. The predicted molar refractivity (Wildman–Crippen MR) is 104 cm³/mol. The Kier molecular flexibility index (Phi) is 3.31. The number of benzene rings is 1. The number of hydrogen-bond acceptors (Lipinski definition) is 4. The molecule has 138 valence electrons. The maximum Gasteiger partial charge on any atom is 0.279 e. The molecule has 3 heterocycles. The summed E-state index contributed by atoms with van der Waals surface area (Å²) in [5, 5.41) is 8.88. The summed E-state index contributed by atoms with van der Waals surface area (Å²) in [6.07, 6.45) is 5.61. The molecule has 3 aromatic heterocycles. The third-order valence-corrected chi connectivity index (χ3v) is 5.83. The summed E-state index contributed by atoms with van der Waals surface area (Å²) < 4.78 is 5.25. The van der Waals surface area contributed by atoms with Crippen molar-refractivity contribution in [3.63, 3.8) is 0 Å². The van der Waals surface area contributed by atoms with Crippen LogP contribution in [-0.4, -0.2) is 28.9 Å². The maximum atomic E-state index is 13.5. The molecule has 27 heavy (non-hydrogen) atoms. The number of para-hydroxylation sites is 1. The van der Waals surface area contributed by atoms with Gasteiger partial charge in [-0.3, -0.25) is 9.20 Å². The second-order valence-electron chi connectivity index (χ2n) is 7.75. The van der Waals surface area contributed by atoms with Gasteiger partial charge in [-0.15, -0.1) is 5.10 Å². The number of halogens is 1. The van der Waals surface area contributed by atoms with Crippen LogP contribution in [-0.2, 0) is 5.41 Å². The van der Waals surface area contributed by atoms with Crippen LogP contribution >= 0.6 is 11.6 Å². The first-order chi connectivity index (χ1) is 12.9. The molecular weight excluding hydrogens is 364 g/mol. The van der Waals surface area contributed by atoms with Gasteiger partial charge in [0.25, 0.3) is 5.56 Å². The van der Waals surface area contributed by atoms with Crippen molar-refractivity contribution in [2.45, 2.75) is 45.1 Å². The topological polar surface area (TPSA) is 70.0 Å². The molecule has 5 rings (SSSR count).